The largest absolute Gasteiger partial charge is 0.462 e. The molecule has 0 aliphatic heterocycles. The molecule has 0 spiro atoms. The van der Waals surface area contributed by atoms with Crippen LogP contribution >= 0.6 is 0 Å². The van der Waals surface area contributed by atoms with Crippen LogP contribution < -0.4 is 0 Å². The highest BCUT2D eigenvalue weighted by atomic mass is 16.6. The van der Waals surface area contributed by atoms with E-state index in [0.29, 0.717) is 0 Å². The summed E-state index contributed by atoms with van der Waals surface area (Å²) in [4.78, 5) is 23.5. The van der Waals surface area contributed by atoms with Crippen molar-refractivity contribution in [1.82, 2.24) is 0 Å². The van der Waals surface area contributed by atoms with E-state index in [2.05, 4.69) is 12.2 Å². The van der Waals surface area contributed by atoms with Crippen molar-refractivity contribution < 1.29 is 19.1 Å². The van der Waals surface area contributed by atoms with Crippen LogP contribution in [0.5, 0.6) is 0 Å². The molecule has 0 saturated heterocycles. The van der Waals surface area contributed by atoms with Gasteiger partial charge in [-0.2, -0.15) is 0 Å². The number of allylic oxidation sites excluding steroid dienone is 4. The van der Waals surface area contributed by atoms with Gasteiger partial charge in [0.1, 0.15) is 13.2 Å². The molecule has 0 aromatic carbocycles. The average molecular weight is 278 g/mol. The Labute approximate surface area is 119 Å². The molecule has 0 saturated carbocycles. The van der Waals surface area contributed by atoms with Crippen molar-refractivity contribution >= 4 is 11.9 Å². The zero-order chi connectivity index (χ0) is 14.2. The van der Waals surface area contributed by atoms with Gasteiger partial charge in [0.25, 0.3) is 0 Å². The van der Waals surface area contributed by atoms with Gasteiger partial charge in [0, 0.05) is 0 Å². The molecule has 110 valence electrons. The first-order chi connectivity index (χ1) is 9.77. The molecule has 4 heteroatoms. The van der Waals surface area contributed by atoms with Gasteiger partial charge < -0.3 is 9.47 Å². The van der Waals surface area contributed by atoms with Crippen molar-refractivity contribution in [3.63, 3.8) is 0 Å². The molecule has 0 unspecified atom stereocenters. The molecule has 0 aromatic heterocycles. The van der Waals surface area contributed by atoms with E-state index in [1.165, 1.54) is 0 Å². The summed E-state index contributed by atoms with van der Waals surface area (Å²) in [6.45, 7) is 0.320. The Hall–Kier alpha value is -1.58. The van der Waals surface area contributed by atoms with Gasteiger partial charge in [-0.25, -0.2) is 0 Å². The highest BCUT2D eigenvalue weighted by molar-refractivity contribution is 5.73. The Morgan fingerprint density at radius 3 is 1.60 bits per heavy atom. The second-order valence-electron chi connectivity index (χ2n) is 5.30. The lowest BCUT2D eigenvalue weighted by Crippen LogP contribution is -2.23. The SMILES string of the molecule is O=C(OCCOC(=O)[C@@H]1CC=CCC1)[C@@H]1CC=CCC1. The second-order valence-corrected chi connectivity index (χ2v) is 5.30. The van der Waals surface area contributed by atoms with E-state index in [1.54, 1.807) is 0 Å². The number of esters is 2. The van der Waals surface area contributed by atoms with Gasteiger partial charge in [0.05, 0.1) is 11.8 Å². The van der Waals surface area contributed by atoms with Crippen LogP contribution in [0.4, 0.5) is 0 Å². The maximum atomic E-state index is 11.7. The number of hydrogen-bond acceptors (Lipinski definition) is 4. The van der Waals surface area contributed by atoms with Crippen molar-refractivity contribution in [3.8, 4) is 0 Å². The quantitative estimate of drug-likeness (QED) is 0.441. The molecule has 0 fully saturated rings. The normalized spacial score (nSPS) is 25.2. The summed E-state index contributed by atoms with van der Waals surface area (Å²) in [6, 6.07) is 0. The molecule has 20 heavy (non-hydrogen) atoms. The third kappa shape index (κ3) is 4.51. The summed E-state index contributed by atoms with van der Waals surface area (Å²) < 4.78 is 10.3. The van der Waals surface area contributed by atoms with E-state index >= 15 is 0 Å². The predicted molar refractivity (Wildman–Crippen MR) is 74.9 cm³/mol. The van der Waals surface area contributed by atoms with Crippen LogP contribution in [-0.2, 0) is 19.1 Å². The number of carbonyl (C=O) groups excluding carboxylic acids is 2. The number of ether oxygens (including phenoxy) is 2. The second kappa shape index (κ2) is 7.88. The van der Waals surface area contributed by atoms with Crippen molar-refractivity contribution in [2.45, 2.75) is 38.5 Å². The lowest BCUT2D eigenvalue weighted by atomic mass is 9.95. The van der Waals surface area contributed by atoms with Crippen molar-refractivity contribution in [2.24, 2.45) is 11.8 Å². The summed E-state index contributed by atoms with van der Waals surface area (Å²) in [5.41, 5.74) is 0. The van der Waals surface area contributed by atoms with Gasteiger partial charge in [-0.15, -0.1) is 0 Å². The number of hydrogen-bond donors (Lipinski definition) is 0. The lowest BCUT2D eigenvalue weighted by Gasteiger charge is -2.18. The predicted octanol–water partition coefficient (Wildman–Crippen LogP) is 2.79. The van der Waals surface area contributed by atoms with Crippen LogP contribution in [0.2, 0.25) is 0 Å². The molecule has 0 amide bonds. The zero-order valence-corrected chi connectivity index (χ0v) is 11.8. The van der Waals surface area contributed by atoms with Crippen LogP contribution in [0.1, 0.15) is 38.5 Å². The first-order valence-corrected chi connectivity index (χ1v) is 7.40. The third-order valence-electron chi connectivity index (χ3n) is 3.78. The molecule has 0 aromatic rings. The van der Waals surface area contributed by atoms with Gasteiger partial charge in [0.15, 0.2) is 0 Å². The van der Waals surface area contributed by atoms with Crippen molar-refractivity contribution in [2.75, 3.05) is 13.2 Å². The summed E-state index contributed by atoms with van der Waals surface area (Å²) in [6.07, 6.45) is 13.3. The van der Waals surface area contributed by atoms with Crippen molar-refractivity contribution in [1.29, 1.82) is 0 Å². The first-order valence-electron chi connectivity index (χ1n) is 7.40. The minimum absolute atomic E-state index is 0.0285. The Bertz CT molecular complexity index is 359. The summed E-state index contributed by atoms with van der Waals surface area (Å²) in [5.74, 6) is -0.407. The Morgan fingerprint density at radius 2 is 1.25 bits per heavy atom. The van der Waals surface area contributed by atoms with Crippen LogP contribution in [0.3, 0.4) is 0 Å². The fraction of sp³-hybridized carbons (Fsp3) is 0.625. The smallest absolute Gasteiger partial charge is 0.309 e. The van der Waals surface area contributed by atoms with Crippen LogP contribution in [-0.4, -0.2) is 25.2 Å². The first kappa shape index (κ1) is 14.8. The summed E-state index contributed by atoms with van der Waals surface area (Å²) in [5, 5.41) is 0. The Kier molecular flexibility index (Phi) is 5.84. The molecular formula is C16H22O4. The lowest BCUT2D eigenvalue weighted by molar-refractivity contribution is -0.157. The maximum Gasteiger partial charge on any atom is 0.309 e. The van der Waals surface area contributed by atoms with Crippen molar-refractivity contribution in [3.05, 3.63) is 24.3 Å². The molecule has 2 aliphatic carbocycles. The molecule has 0 radical (unpaired) electrons. The minimum Gasteiger partial charge on any atom is -0.462 e. The van der Waals surface area contributed by atoms with E-state index < -0.39 is 0 Å². The van der Waals surface area contributed by atoms with E-state index in [1.807, 2.05) is 12.2 Å². The van der Waals surface area contributed by atoms with Gasteiger partial charge >= 0.3 is 11.9 Å². The summed E-state index contributed by atoms with van der Waals surface area (Å²) >= 11 is 0. The fourth-order valence-electron chi connectivity index (χ4n) is 2.54. The standard InChI is InChI=1S/C16H22O4/c17-15(13-7-3-1-4-8-13)19-11-12-20-16(18)14-9-5-2-6-10-14/h1-3,5,13-14H,4,6-12H2/t13-,14-/m1/s1. The van der Waals surface area contributed by atoms with E-state index in [9.17, 15) is 9.59 Å². The van der Waals surface area contributed by atoms with Gasteiger partial charge in [0.2, 0.25) is 0 Å². The molecular weight excluding hydrogens is 256 g/mol. The van der Waals surface area contributed by atoms with E-state index in [0.717, 1.165) is 38.5 Å². The molecule has 2 rings (SSSR count). The van der Waals surface area contributed by atoms with E-state index in [-0.39, 0.29) is 37.0 Å². The van der Waals surface area contributed by atoms with Gasteiger partial charge in [-0.05, 0) is 38.5 Å². The molecule has 0 bridgehead atoms. The maximum absolute atomic E-state index is 11.7. The zero-order valence-electron chi connectivity index (χ0n) is 11.8. The van der Waals surface area contributed by atoms with Crippen LogP contribution in [0, 0.1) is 11.8 Å². The molecule has 2 atom stereocenters. The van der Waals surface area contributed by atoms with E-state index in [4.69, 9.17) is 9.47 Å². The molecule has 4 nitrogen and oxygen atoms in total. The van der Waals surface area contributed by atoms with Gasteiger partial charge in [-0.3, -0.25) is 9.59 Å². The Morgan fingerprint density at radius 1 is 0.800 bits per heavy atom. The topological polar surface area (TPSA) is 52.6 Å². The third-order valence-corrected chi connectivity index (χ3v) is 3.78. The summed E-state index contributed by atoms with van der Waals surface area (Å²) in [7, 11) is 0. The molecule has 2 aliphatic rings. The Balaban J connectivity index is 1.58. The highest BCUT2D eigenvalue weighted by Crippen LogP contribution is 2.20. The van der Waals surface area contributed by atoms with Crippen LogP contribution in [0.25, 0.3) is 0 Å². The fourth-order valence-corrected chi connectivity index (χ4v) is 2.54. The van der Waals surface area contributed by atoms with Gasteiger partial charge in [-0.1, -0.05) is 24.3 Å². The average Bonchev–Trinajstić information content (AvgIpc) is 2.53. The minimum atomic E-state index is -0.175. The highest BCUT2D eigenvalue weighted by Gasteiger charge is 2.21. The number of rotatable bonds is 5. The molecule has 0 N–H and O–H groups in total. The molecule has 0 heterocycles. The monoisotopic (exact) mass is 278 g/mol. The van der Waals surface area contributed by atoms with Crippen LogP contribution in [0.15, 0.2) is 24.3 Å². The number of carbonyl (C=O) groups is 2.